The second-order valence-corrected chi connectivity index (χ2v) is 9.98. The summed E-state index contributed by atoms with van der Waals surface area (Å²) in [7, 11) is -3.71. The molecule has 0 spiro atoms. The number of rotatable bonds is 11. The van der Waals surface area contributed by atoms with Crippen LogP contribution in [-0.2, 0) is 16.4 Å². The molecule has 1 aliphatic rings. The predicted octanol–water partition coefficient (Wildman–Crippen LogP) is 1.16. The highest BCUT2D eigenvalue weighted by Gasteiger charge is 2.18. The number of hydrogen-bond donors (Lipinski definition) is 4. The second kappa shape index (κ2) is 10.6. The maximum atomic E-state index is 12.5. The first-order valence-electron chi connectivity index (χ1n) is 10.9. The molecule has 0 saturated carbocycles. The number of piperazine rings is 1. The summed E-state index contributed by atoms with van der Waals surface area (Å²) in [6.07, 6.45) is 5.50. The lowest BCUT2D eigenvalue weighted by molar-refractivity contribution is 0.239. The topological polar surface area (TPSA) is 120 Å². The Labute approximate surface area is 192 Å². The van der Waals surface area contributed by atoms with Crippen molar-refractivity contribution in [3.8, 4) is 0 Å². The Hall–Kier alpha value is -2.18. The van der Waals surface area contributed by atoms with E-state index in [9.17, 15) is 8.42 Å². The van der Waals surface area contributed by atoms with Crippen LogP contribution in [0.5, 0.6) is 0 Å². The summed E-state index contributed by atoms with van der Waals surface area (Å²) in [5.41, 5.74) is 5.15. The molecule has 174 valence electrons. The van der Waals surface area contributed by atoms with Crippen molar-refractivity contribution in [2.45, 2.75) is 24.3 Å². The van der Waals surface area contributed by atoms with Crippen molar-refractivity contribution in [2.75, 3.05) is 51.2 Å². The van der Waals surface area contributed by atoms with Gasteiger partial charge in [0, 0.05) is 61.4 Å². The van der Waals surface area contributed by atoms with Gasteiger partial charge in [-0.25, -0.2) is 13.1 Å². The highest BCUT2D eigenvalue weighted by molar-refractivity contribution is 7.89. The van der Waals surface area contributed by atoms with Crippen molar-refractivity contribution >= 4 is 32.5 Å². The molecule has 10 nitrogen and oxygen atoms in total. The Balaban J connectivity index is 1.20. The van der Waals surface area contributed by atoms with E-state index >= 15 is 0 Å². The summed E-state index contributed by atoms with van der Waals surface area (Å²) in [6.45, 7) is 6.13. The lowest BCUT2D eigenvalue weighted by Gasteiger charge is -2.26. The highest BCUT2D eigenvalue weighted by atomic mass is 35.5. The van der Waals surface area contributed by atoms with Crippen LogP contribution in [0.1, 0.15) is 18.4 Å². The van der Waals surface area contributed by atoms with E-state index in [1.807, 2.05) is 24.4 Å². The number of nitrogens with one attached hydrogen (secondary N) is 4. The van der Waals surface area contributed by atoms with Gasteiger partial charge >= 0.3 is 0 Å². The van der Waals surface area contributed by atoms with Crippen molar-refractivity contribution in [1.29, 1.82) is 0 Å². The number of halogens is 1. The largest absolute Gasteiger partial charge is 0.361 e. The number of aromatic nitrogens is 4. The minimum atomic E-state index is -3.71. The van der Waals surface area contributed by atoms with Crippen molar-refractivity contribution < 1.29 is 8.42 Å². The van der Waals surface area contributed by atoms with E-state index in [2.05, 4.69) is 35.5 Å². The number of hydrogen-bond acceptors (Lipinski definition) is 7. The monoisotopic (exact) mass is 480 g/mol. The second-order valence-electron chi connectivity index (χ2n) is 7.83. The number of sulfonamides is 1. The van der Waals surface area contributed by atoms with Crippen LogP contribution in [-0.4, -0.2) is 79.2 Å². The third kappa shape index (κ3) is 5.99. The first-order valence-corrected chi connectivity index (χ1v) is 12.7. The molecule has 0 unspecified atom stereocenters. The lowest BCUT2D eigenvalue weighted by Crippen LogP contribution is -2.44. The van der Waals surface area contributed by atoms with Crippen LogP contribution in [0.25, 0.3) is 10.9 Å². The van der Waals surface area contributed by atoms with Gasteiger partial charge in [-0.2, -0.15) is 0 Å². The van der Waals surface area contributed by atoms with Gasteiger partial charge < -0.3 is 15.2 Å². The van der Waals surface area contributed by atoms with E-state index in [0.717, 1.165) is 62.0 Å². The number of nitrogens with zero attached hydrogens (tertiary/aromatic N) is 4. The van der Waals surface area contributed by atoms with E-state index in [1.54, 1.807) is 0 Å². The summed E-state index contributed by atoms with van der Waals surface area (Å²) >= 11 is 6.08. The third-order valence-electron chi connectivity index (χ3n) is 5.50. The first-order chi connectivity index (χ1) is 15.5. The Morgan fingerprint density at radius 3 is 2.84 bits per heavy atom. The third-order valence-corrected chi connectivity index (χ3v) is 7.06. The van der Waals surface area contributed by atoms with Crippen molar-refractivity contribution in [1.82, 2.24) is 35.0 Å². The quantitative estimate of drug-likeness (QED) is 0.304. The van der Waals surface area contributed by atoms with Gasteiger partial charge in [-0.3, -0.25) is 5.43 Å². The van der Waals surface area contributed by atoms with Crippen molar-refractivity contribution in [3.63, 3.8) is 0 Å². The average Bonchev–Trinajstić information content (AvgIpc) is 3.43. The lowest BCUT2D eigenvalue weighted by atomic mass is 10.1. The average molecular weight is 481 g/mol. The summed E-state index contributed by atoms with van der Waals surface area (Å²) < 4.78 is 27.6. The summed E-state index contributed by atoms with van der Waals surface area (Å²) in [6, 6.07) is 5.70. The standard InChI is InChI=1S/C20H29ClN8O2S/c21-17-4-5-19-18(13-17)16(14-23-19)3-1-7-26-32(30,31)20-15-25-29(27-20)24-6-2-10-28-11-8-22-9-12-28/h4-5,13-15,22-24,26H,1-3,6-12H2. The van der Waals surface area contributed by atoms with Crippen molar-refractivity contribution in [3.05, 3.63) is 41.2 Å². The van der Waals surface area contributed by atoms with Gasteiger partial charge in [0.05, 0.1) is 6.20 Å². The number of H-pyrrole nitrogens is 1. The first kappa shape index (κ1) is 23.0. The minimum absolute atomic E-state index is 0.0917. The van der Waals surface area contributed by atoms with Crippen LogP contribution in [0.15, 0.2) is 35.6 Å². The maximum absolute atomic E-state index is 12.5. The van der Waals surface area contributed by atoms with E-state index in [0.29, 0.717) is 24.5 Å². The zero-order valence-electron chi connectivity index (χ0n) is 17.8. The SMILES string of the molecule is O=S(=O)(NCCCc1c[nH]c2ccc(Cl)cc12)c1cnn(NCCCN2CCNCC2)n1. The molecular weight excluding hydrogens is 452 g/mol. The van der Waals surface area contributed by atoms with Crippen LogP contribution < -0.4 is 15.5 Å². The number of fused-ring (bicyclic) bond motifs is 1. The van der Waals surface area contributed by atoms with Gasteiger partial charge in [-0.1, -0.05) is 16.5 Å². The molecule has 0 radical (unpaired) electrons. The Bertz CT molecular complexity index is 1120. The van der Waals surface area contributed by atoms with Crippen LogP contribution in [0.4, 0.5) is 0 Å². The normalized spacial score (nSPS) is 15.4. The van der Waals surface area contributed by atoms with Crippen LogP contribution in [0.2, 0.25) is 5.02 Å². The summed E-state index contributed by atoms with van der Waals surface area (Å²) in [5.74, 6) is 0. The van der Waals surface area contributed by atoms with Gasteiger partial charge in [0.25, 0.3) is 10.0 Å². The maximum Gasteiger partial charge on any atom is 0.261 e. The van der Waals surface area contributed by atoms with Crippen LogP contribution >= 0.6 is 11.6 Å². The molecule has 2 aromatic heterocycles. The zero-order valence-corrected chi connectivity index (χ0v) is 19.4. The molecular formula is C20H29ClN8O2S. The predicted molar refractivity (Wildman–Crippen MR) is 125 cm³/mol. The number of aromatic amines is 1. The number of aryl methyl sites for hydroxylation is 1. The minimum Gasteiger partial charge on any atom is -0.361 e. The Morgan fingerprint density at radius 2 is 2.00 bits per heavy atom. The summed E-state index contributed by atoms with van der Waals surface area (Å²) in [5, 5.41) is 13.0. The molecule has 1 aliphatic heterocycles. The van der Waals surface area contributed by atoms with Crippen molar-refractivity contribution in [2.24, 2.45) is 0 Å². The van der Waals surface area contributed by atoms with Crippen LogP contribution in [0.3, 0.4) is 0 Å². The summed E-state index contributed by atoms with van der Waals surface area (Å²) in [4.78, 5) is 6.84. The van der Waals surface area contributed by atoms with Gasteiger partial charge in [0.15, 0.2) is 0 Å². The Morgan fingerprint density at radius 1 is 1.16 bits per heavy atom. The van der Waals surface area contributed by atoms with Gasteiger partial charge in [-0.15, -0.1) is 10.2 Å². The van der Waals surface area contributed by atoms with E-state index in [4.69, 9.17) is 11.6 Å². The molecule has 0 aliphatic carbocycles. The molecule has 0 amide bonds. The fourth-order valence-corrected chi connectivity index (χ4v) is 4.89. The molecule has 1 fully saturated rings. The molecule has 4 N–H and O–H groups in total. The smallest absolute Gasteiger partial charge is 0.261 e. The van der Waals surface area contributed by atoms with Gasteiger partial charge in [0.1, 0.15) is 0 Å². The fourth-order valence-electron chi connectivity index (χ4n) is 3.78. The van der Waals surface area contributed by atoms with Gasteiger partial charge in [0.2, 0.25) is 5.03 Å². The van der Waals surface area contributed by atoms with E-state index < -0.39 is 10.0 Å². The van der Waals surface area contributed by atoms with E-state index in [-0.39, 0.29) is 5.03 Å². The molecule has 0 atom stereocenters. The highest BCUT2D eigenvalue weighted by Crippen LogP contribution is 2.23. The fraction of sp³-hybridized carbons (Fsp3) is 0.500. The van der Waals surface area contributed by atoms with Crippen LogP contribution in [0, 0.1) is 0 Å². The molecule has 3 aromatic rings. The molecule has 0 bridgehead atoms. The van der Waals surface area contributed by atoms with E-state index in [1.165, 1.54) is 11.1 Å². The number of benzene rings is 1. The molecule has 12 heteroatoms. The zero-order chi connectivity index (χ0) is 22.4. The molecule has 32 heavy (non-hydrogen) atoms. The molecule has 1 aromatic carbocycles. The molecule has 1 saturated heterocycles. The molecule has 4 rings (SSSR count). The van der Waals surface area contributed by atoms with Gasteiger partial charge in [-0.05, 0) is 49.6 Å². The Kier molecular flexibility index (Phi) is 7.63. The molecule has 3 heterocycles.